The molecule has 0 aromatic carbocycles. The summed E-state index contributed by atoms with van der Waals surface area (Å²) in [4.78, 5) is 19.1. The number of nitrogens with zero attached hydrogens (tertiary/aromatic N) is 7. The van der Waals surface area contributed by atoms with Crippen molar-refractivity contribution in [2.45, 2.75) is 67.3 Å². The Morgan fingerprint density at radius 3 is 2.76 bits per heavy atom. The van der Waals surface area contributed by atoms with Gasteiger partial charge in [-0.05, 0) is 47.9 Å². The van der Waals surface area contributed by atoms with E-state index < -0.39 is 4.92 Å². The molecular formula is C14H18N8O2S. The monoisotopic (exact) mass is 362 g/mol. The van der Waals surface area contributed by atoms with Crippen LogP contribution in [0.15, 0.2) is 16.5 Å². The molecule has 0 aliphatic heterocycles. The minimum absolute atomic E-state index is 0.108. The van der Waals surface area contributed by atoms with E-state index in [1.807, 2.05) is 4.68 Å². The maximum absolute atomic E-state index is 11.2. The molecule has 0 atom stereocenters. The van der Waals surface area contributed by atoms with Gasteiger partial charge in [0.1, 0.15) is 6.20 Å². The van der Waals surface area contributed by atoms with Gasteiger partial charge in [-0.15, -0.1) is 5.10 Å². The Kier molecular flexibility index (Phi) is 4.47. The molecule has 2 aliphatic rings. The van der Waals surface area contributed by atoms with Crippen LogP contribution in [0.3, 0.4) is 0 Å². The first-order chi connectivity index (χ1) is 12.2. The molecule has 1 N–H and O–H groups in total. The van der Waals surface area contributed by atoms with Crippen LogP contribution in [0.2, 0.25) is 0 Å². The van der Waals surface area contributed by atoms with E-state index in [1.165, 1.54) is 37.2 Å². The van der Waals surface area contributed by atoms with E-state index in [2.05, 4.69) is 30.8 Å². The van der Waals surface area contributed by atoms with Gasteiger partial charge in [0.2, 0.25) is 11.0 Å². The standard InChI is InChI=1S/C14H18N8O2S/c23-22(24)11-8-15-13(17-12(11)16-9-6-7-9)25-14-18-19-20-21(14)10-4-2-1-3-5-10/h8-10H,1-7H2,(H,15,16,17). The van der Waals surface area contributed by atoms with Crippen LogP contribution in [-0.4, -0.2) is 41.1 Å². The molecule has 2 aliphatic carbocycles. The van der Waals surface area contributed by atoms with Crippen molar-refractivity contribution in [3.8, 4) is 0 Å². The molecule has 25 heavy (non-hydrogen) atoms. The summed E-state index contributed by atoms with van der Waals surface area (Å²) in [5, 5.41) is 27.3. The number of tetrazole rings is 1. The molecule has 0 radical (unpaired) electrons. The molecule has 2 aromatic rings. The van der Waals surface area contributed by atoms with Crippen molar-refractivity contribution < 1.29 is 4.92 Å². The lowest BCUT2D eigenvalue weighted by atomic mass is 9.96. The SMILES string of the molecule is O=[N+]([O-])c1cnc(Sc2nnnn2C2CCCCC2)nc1NC1CC1. The number of rotatable bonds is 6. The van der Waals surface area contributed by atoms with Crippen molar-refractivity contribution in [3.63, 3.8) is 0 Å². The van der Waals surface area contributed by atoms with E-state index >= 15 is 0 Å². The largest absolute Gasteiger partial charge is 0.361 e. The molecule has 2 heterocycles. The molecule has 4 rings (SSSR count). The molecule has 0 spiro atoms. The third kappa shape index (κ3) is 3.70. The number of hydrogen-bond donors (Lipinski definition) is 1. The van der Waals surface area contributed by atoms with Crippen molar-refractivity contribution in [1.29, 1.82) is 0 Å². The van der Waals surface area contributed by atoms with Crippen molar-refractivity contribution in [1.82, 2.24) is 30.2 Å². The summed E-state index contributed by atoms with van der Waals surface area (Å²) in [7, 11) is 0. The van der Waals surface area contributed by atoms with Gasteiger partial charge in [-0.25, -0.2) is 9.67 Å². The van der Waals surface area contributed by atoms with Crippen LogP contribution < -0.4 is 5.32 Å². The predicted octanol–water partition coefficient (Wildman–Crippen LogP) is 2.60. The molecule has 2 saturated carbocycles. The maximum atomic E-state index is 11.2. The maximum Gasteiger partial charge on any atom is 0.329 e. The Morgan fingerprint density at radius 2 is 2.04 bits per heavy atom. The van der Waals surface area contributed by atoms with Gasteiger partial charge in [0, 0.05) is 6.04 Å². The minimum atomic E-state index is -0.467. The average molecular weight is 362 g/mol. The van der Waals surface area contributed by atoms with Crippen molar-refractivity contribution >= 4 is 23.3 Å². The normalized spacial score (nSPS) is 18.2. The molecule has 2 aromatic heterocycles. The zero-order chi connectivity index (χ0) is 17.2. The smallest absolute Gasteiger partial charge is 0.329 e. The highest BCUT2D eigenvalue weighted by molar-refractivity contribution is 7.99. The quantitative estimate of drug-likeness (QED) is 0.469. The number of nitrogens with one attached hydrogen (secondary N) is 1. The van der Waals surface area contributed by atoms with Crippen molar-refractivity contribution in [2.24, 2.45) is 0 Å². The van der Waals surface area contributed by atoms with E-state index in [0.717, 1.165) is 25.7 Å². The highest BCUT2D eigenvalue weighted by Gasteiger charge is 2.27. The fraction of sp³-hybridized carbons (Fsp3) is 0.643. The van der Waals surface area contributed by atoms with E-state index in [1.54, 1.807) is 0 Å². The van der Waals surface area contributed by atoms with E-state index in [0.29, 0.717) is 16.4 Å². The summed E-state index contributed by atoms with van der Waals surface area (Å²) in [6, 6.07) is 0.562. The fourth-order valence-corrected chi connectivity index (χ4v) is 3.72. The molecule has 2 fully saturated rings. The van der Waals surface area contributed by atoms with Gasteiger partial charge in [-0.1, -0.05) is 19.3 Å². The molecule has 10 nitrogen and oxygen atoms in total. The zero-order valence-electron chi connectivity index (χ0n) is 13.5. The Hall–Kier alpha value is -2.30. The molecule has 0 bridgehead atoms. The minimum Gasteiger partial charge on any atom is -0.361 e. The van der Waals surface area contributed by atoms with Gasteiger partial charge in [0.25, 0.3) is 0 Å². The summed E-state index contributed by atoms with van der Waals surface area (Å²) in [5.74, 6) is 0.265. The Bertz CT molecular complexity index is 772. The second-order valence-electron chi connectivity index (χ2n) is 6.36. The Balaban J connectivity index is 1.56. The topological polar surface area (TPSA) is 125 Å². The lowest BCUT2D eigenvalue weighted by Gasteiger charge is -2.21. The summed E-state index contributed by atoms with van der Waals surface area (Å²) in [6.45, 7) is 0. The number of aromatic nitrogens is 6. The Morgan fingerprint density at radius 1 is 1.24 bits per heavy atom. The fourth-order valence-electron chi connectivity index (χ4n) is 2.96. The molecule has 0 amide bonds. The number of anilines is 1. The second-order valence-corrected chi connectivity index (χ2v) is 7.30. The van der Waals surface area contributed by atoms with Gasteiger partial charge in [0.15, 0.2) is 5.16 Å². The summed E-state index contributed by atoms with van der Waals surface area (Å²) in [5.41, 5.74) is -0.108. The average Bonchev–Trinajstić information content (AvgIpc) is 3.31. The second kappa shape index (κ2) is 6.90. The molecule has 0 unspecified atom stereocenters. The van der Waals surface area contributed by atoms with Crippen molar-refractivity contribution in [2.75, 3.05) is 5.32 Å². The van der Waals surface area contributed by atoms with Crippen LogP contribution in [0.25, 0.3) is 0 Å². The molecule has 132 valence electrons. The van der Waals surface area contributed by atoms with Crippen LogP contribution in [-0.2, 0) is 0 Å². The van der Waals surface area contributed by atoms with Gasteiger partial charge in [0.05, 0.1) is 11.0 Å². The third-order valence-corrected chi connectivity index (χ3v) is 5.26. The first-order valence-electron chi connectivity index (χ1n) is 8.44. The highest BCUT2D eigenvalue weighted by atomic mass is 32.2. The lowest BCUT2D eigenvalue weighted by Crippen LogP contribution is -2.15. The van der Waals surface area contributed by atoms with Gasteiger partial charge < -0.3 is 5.32 Å². The number of hydrogen-bond acceptors (Lipinski definition) is 9. The van der Waals surface area contributed by atoms with E-state index in [-0.39, 0.29) is 17.5 Å². The lowest BCUT2D eigenvalue weighted by molar-refractivity contribution is -0.384. The van der Waals surface area contributed by atoms with Crippen LogP contribution in [0.1, 0.15) is 51.0 Å². The summed E-state index contributed by atoms with van der Waals surface area (Å²) < 4.78 is 1.84. The highest BCUT2D eigenvalue weighted by Crippen LogP contribution is 2.34. The summed E-state index contributed by atoms with van der Waals surface area (Å²) in [6.07, 6.45) is 8.99. The van der Waals surface area contributed by atoms with Gasteiger partial charge in [-0.2, -0.15) is 4.98 Å². The number of nitro groups is 1. The first kappa shape index (κ1) is 16.2. The first-order valence-corrected chi connectivity index (χ1v) is 9.26. The Labute approximate surface area is 148 Å². The van der Waals surface area contributed by atoms with Crippen molar-refractivity contribution in [3.05, 3.63) is 16.3 Å². The van der Waals surface area contributed by atoms with Gasteiger partial charge >= 0.3 is 5.69 Å². The van der Waals surface area contributed by atoms with Crippen LogP contribution in [0, 0.1) is 10.1 Å². The van der Waals surface area contributed by atoms with Crippen LogP contribution >= 0.6 is 11.8 Å². The predicted molar refractivity (Wildman–Crippen MR) is 89.4 cm³/mol. The van der Waals surface area contributed by atoms with Gasteiger partial charge in [-0.3, -0.25) is 10.1 Å². The van der Waals surface area contributed by atoms with E-state index in [9.17, 15) is 10.1 Å². The third-order valence-electron chi connectivity index (χ3n) is 4.43. The summed E-state index contributed by atoms with van der Waals surface area (Å²) >= 11 is 1.24. The van der Waals surface area contributed by atoms with Crippen LogP contribution in [0.4, 0.5) is 11.5 Å². The molecule has 11 heteroatoms. The van der Waals surface area contributed by atoms with Crippen LogP contribution in [0.5, 0.6) is 0 Å². The molecular weight excluding hydrogens is 344 g/mol. The van der Waals surface area contributed by atoms with E-state index in [4.69, 9.17) is 0 Å². The zero-order valence-corrected chi connectivity index (χ0v) is 14.4. The molecule has 0 saturated heterocycles.